The molecule has 4 rings (SSSR count). The summed E-state index contributed by atoms with van der Waals surface area (Å²) in [5.74, 6) is -0.993. The Bertz CT molecular complexity index is 947. The largest absolute Gasteiger partial charge is 0.419 e. The smallest absolute Gasteiger partial charge is 0.206 e. The monoisotopic (exact) mass is 466 g/mol. The van der Waals surface area contributed by atoms with Gasteiger partial charge in [-0.25, -0.2) is 8.78 Å². The summed E-state index contributed by atoms with van der Waals surface area (Å²) in [6.45, 7) is 2.22. The Kier molecular flexibility index (Phi) is 7.65. The van der Waals surface area contributed by atoms with E-state index in [4.69, 9.17) is 0 Å². The van der Waals surface area contributed by atoms with Crippen molar-refractivity contribution in [3.05, 3.63) is 47.0 Å². The third-order valence-electron chi connectivity index (χ3n) is 8.25. The Morgan fingerprint density at radius 1 is 0.879 bits per heavy atom. The molecule has 0 radical (unpaired) electrons. The molecule has 33 heavy (non-hydrogen) atoms. The van der Waals surface area contributed by atoms with Gasteiger partial charge in [-0.1, -0.05) is 64.0 Å². The minimum absolute atomic E-state index is 0.0228. The Labute approximate surface area is 193 Å². The van der Waals surface area contributed by atoms with Crippen molar-refractivity contribution >= 4 is 10.8 Å². The highest BCUT2D eigenvalue weighted by Gasteiger charge is 2.42. The van der Waals surface area contributed by atoms with Gasteiger partial charge in [0.2, 0.25) is 0 Å². The average molecular weight is 467 g/mol. The van der Waals surface area contributed by atoms with Gasteiger partial charge in [-0.15, -0.1) is 0 Å². The molecule has 182 valence electrons. The molecule has 2 saturated carbocycles. The number of unbranched alkanes of at least 4 members (excludes halogenated alkanes) is 4. The Balaban J connectivity index is 1.49. The van der Waals surface area contributed by atoms with Crippen molar-refractivity contribution < 1.29 is 22.0 Å². The number of benzene rings is 2. The van der Waals surface area contributed by atoms with Gasteiger partial charge in [0.1, 0.15) is 11.6 Å². The molecule has 0 bridgehead atoms. The van der Waals surface area contributed by atoms with Crippen molar-refractivity contribution in [1.82, 2.24) is 0 Å². The van der Waals surface area contributed by atoms with E-state index in [9.17, 15) is 17.6 Å². The number of hydrogen-bond donors (Lipinski definition) is 0. The summed E-state index contributed by atoms with van der Waals surface area (Å²) in [6.07, 6.45) is 8.52. The molecule has 2 aliphatic carbocycles. The van der Waals surface area contributed by atoms with E-state index in [1.54, 1.807) is 0 Å². The molecular formula is C28H35F5. The van der Waals surface area contributed by atoms with E-state index in [0.29, 0.717) is 24.7 Å². The van der Waals surface area contributed by atoms with Crippen molar-refractivity contribution in [3.63, 3.8) is 0 Å². The molecule has 0 aromatic heterocycles. The first-order chi connectivity index (χ1) is 15.8. The Morgan fingerprint density at radius 2 is 1.61 bits per heavy atom. The molecule has 2 aromatic carbocycles. The van der Waals surface area contributed by atoms with Crippen molar-refractivity contribution in [2.75, 3.05) is 0 Å². The van der Waals surface area contributed by atoms with Crippen LogP contribution in [0, 0.1) is 29.4 Å². The number of fused-ring (bicyclic) bond motifs is 2. The number of halogens is 5. The van der Waals surface area contributed by atoms with E-state index in [-0.39, 0.29) is 16.9 Å². The Morgan fingerprint density at radius 3 is 2.36 bits per heavy atom. The minimum atomic E-state index is -4.85. The highest BCUT2D eigenvalue weighted by Crippen LogP contribution is 2.51. The summed E-state index contributed by atoms with van der Waals surface area (Å²) in [4.78, 5) is 0. The third kappa shape index (κ3) is 5.38. The molecule has 0 spiro atoms. The molecule has 0 saturated heterocycles. The molecule has 0 amide bonds. The zero-order valence-corrected chi connectivity index (χ0v) is 19.5. The maximum absolute atomic E-state index is 15.1. The third-order valence-corrected chi connectivity index (χ3v) is 8.25. The van der Waals surface area contributed by atoms with E-state index in [2.05, 4.69) is 6.92 Å². The molecule has 0 heterocycles. The number of rotatable bonds is 7. The van der Waals surface area contributed by atoms with Gasteiger partial charge in [-0.2, -0.15) is 13.2 Å². The molecule has 0 N–H and O–H groups in total. The first-order valence-corrected chi connectivity index (χ1v) is 12.8. The summed E-state index contributed by atoms with van der Waals surface area (Å²) in [7, 11) is 0. The van der Waals surface area contributed by atoms with Gasteiger partial charge in [-0.05, 0) is 78.9 Å². The summed E-state index contributed by atoms with van der Waals surface area (Å²) >= 11 is 0. The van der Waals surface area contributed by atoms with E-state index < -0.39 is 28.8 Å². The normalized spacial score (nSPS) is 25.9. The highest BCUT2D eigenvalue weighted by molar-refractivity contribution is 5.86. The summed E-state index contributed by atoms with van der Waals surface area (Å²) in [6, 6.07) is 5.34. The van der Waals surface area contributed by atoms with Crippen LogP contribution in [-0.4, -0.2) is 0 Å². The lowest BCUT2D eigenvalue weighted by Crippen LogP contribution is -2.31. The van der Waals surface area contributed by atoms with Crippen molar-refractivity contribution in [2.24, 2.45) is 17.8 Å². The van der Waals surface area contributed by atoms with Crippen LogP contribution in [0.15, 0.2) is 24.3 Å². The van der Waals surface area contributed by atoms with Gasteiger partial charge in [0.25, 0.3) is 0 Å². The van der Waals surface area contributed by atoms with Crippen molar-refractivity contribution in [1.29, 1.82) is 0 Å². The molecular weight excluding hydrogens is 431 g/mol. The van der Waals surface area contributed by atoms with Crippen LogP contribution < -0.4 is 0 Å². The van der Waals surface area contributed by atoms with E-state index in [0.717, 1.165) is 31.2 Å². The van der Waals surface area contributed by atoms with Crippen molar-refractivity contribution in [2.45, 2.75) is 96.1 Å². The van der Waals surface area contributed by atoms with Gasteiger partial charge < -0.3 is 0 Å². The molecule has 2 fully saturated rings. The Hall–Kier alpha value is -1.65. The number of hydrogen-bond acceptors (Lipinski definition) is 0. The molecule has 2 aliphatic rings. The SMILES string of the molecule is CCCCCCCC1CCC2CC(c3cc4cccc(F)c4c(F)c3C(F)(F)F)CCC2C1. The zero-order chi connectivity index (χ0) is 23.6. The van der Waals surface area contributed by atoms with Crippen molar-refractivity contribution in [3.8, 4) is 0 Å². The lowest BCUT2D eigenvalue weighted by Gasteiger charge is -2.43. The zero-order valence-electron chi connectivity index (χ0n) is 19.5. The lowest BCUT2D eigenvalue weighted by molar-refractivity contribution is -0.140. The second-order valence-corrected chi connectivity index (χ2v) is 10.4. The quantitative estimate of drug-likeness (QED) is 0.281. The first-order valence-electron chi connectivity index (χ1n) is 12.8. The van der Waals surface area contributed by atoms with Gasteiger partial charge in [0.15, 0.2) is 0 Å². The second-order valence-electron chi connectivity index (χ2n) is 10.4. The van der Waals surface area contributed by atoms with Crippen LogP contribution in [0.2, 0.25) is 0 Å². The standard InChI is InChI=1S/C28H35F5/c1-2-3-4-5-6-8-18-11-12-20-16-21(14-13-19(20)15-18)23-17-22-9-7-10-24(29)25(22)27(30)26(23)28(31,32)33/h7,9-10,17-21H,2-6,8,11-16H2,1H3. The van der Waals surface area contributed by atoms with Crippen LogP contribution in [0.1, 0.15) is 101 Å². The van der Waals surface area contributed by atoms with E-state index >= 15 is 4.39 Å². The van der Waals surface area contributed by atoms with Crippen LogP contribution in [0.25, 0.3) is 10.8 Å². The highest BCUT2D eigenvalue weighted by atomic mass is 19.4. The van der Waals surface area contributed by atoms with Gasteiger partial charge >= 0.3 is 6.18 Å². The van der Waals surface area contributed by atoms with Crippen LogP contribution in [0.4, 0.5) is 22.0 Å². The van der Waals surface area contributed by atoms with E-state index in [1.165, 1.54) is 63.1 Å². The fourth-order valence-corrected chi connectivity index (χ4v) is 6.56. The number of alkyl halides is 3. The topological polar surface area (TPSA) is 0 Å². The molecule has 4 unspecified atom stereocenters. The molecule has 2 aromatic rings. The first kappa shape index (κ1) is 24.5. The van der Waals surface area contributed by atoms with Gasteiger partial charge in [0, 0.05) is 0 Å². The van der Waals surface area contributed by atoms with E-state index in [1.807, 2.05) is 0 Å². The molecule has 0 aliphatic heterocycles. The van der Waals surface area contributed by atoms with Crippen LogP contribution >= 0.6 is 0 Å². The van der Waals surface area contributed by atoms with Crippen LogP contribution in [0.3, 0.4) is 0 Å². The lowest BCUT2D eigenvalue weighted by atomic mass is 9.63. The molecule has 5 heteroatoms. The van der Waals surface area contributed by atoms with Crippen LogP contribution in [0.5, 0.6) is 0 Å². The average Bonchev–Trinajstić information content (AvgIpc) is 2.77. The minimum Gasteiger partial charge on any atom is -0.206 e. The molecule has 4 atom stereocenters. The molecule has 0 nitrogen and oxygen atoms in total. The second kappa shape index (κ2) is 10.3. The van der Waals surface area contributed by atoms with Gasteiger partial charge in [0.05, 0.1) is 10.9 Å². The predicted molar refractivity (Wildman–Crippen MR) is 123 cm³/mol. The predicted octanol–water partition coefficient (Wildman–Crippen LogP) is 9.80. The van der Waals surface area contributed by atoms with Crippen LogP contribution in [-0.2, 0) is 6.18 Å². The fraction of sp³-hybridized carbons (Fsp3) is 0.643. The summed E-state index contributed by atoms with van der Waals surface area (Å²) < 4.78 is 71.1. The maximum atomic E-state index is 15.1. The summed E-state index contributed by atoms with van der Waals surface area (Å²) in [5, 5.41) is -0.342. The van der Waals surface area contributed by atoms with Gasteiger partial charge in [-0.3, -0.25) is 0 Å². The summed E-state index contributed by atoms with van der Waals surface area (Å²) in [5.41, 5.74) is -1.24. The fourth-order valence-electron chi connectivity index (χ4n) is 6.56. The maximum Gasteiger partial charge on any atom is 0.419 e.